The van der Waals surface area contributed by atoms with Crippen LogP contribution in [-0.4, -0.2) is 13.2 Å². The second-order valence-electron chi connectivity index (χ2n) is 8.51. The standard InChI is InChI=1S/C29H35NO2S/c1-24-22-33-23-29(24)32-20-10-8-6-4-2-3-5-7-9-19-31-28-17-15-27(16-18-28)26-13-11-25(21-30)12-14-26/h11-18,22-23H,2-10,19-20H2,1H3. The lowest BCUT2D eigenvalue weighted by Crippen LogP contribution is -1.97. The van der Waals surface area contributed by atoms with Crippen molar-refractivity contribution in [2.45, 2.75) is 64.7 Å². The van der Waals surface area contributed by atoms with Crippen molar-refractivity contribution in [2.24, 2.45) is 0 Å². The van der Waals surface area contributed by atoms with E-state index < -0.39 is 0 Å². The van der Waals surface area contributed by atoms with Gasteiger partial charge in [-0.05, 0) is 60.5 Å². The Labute approximate surface area is 203 Å². The summed E-state index contributed by atoms with van der Waals surface area (Å²) < 4.78 is 11.7. The molecule has 0 N–H and O–H groups in total. The van der Waals surface area contributed by atoms with Crippen molar-refractivity contribution in [3.63, 3.8) is 0 Å². The van der Waals surface area contributed by atoms with Gasteiger partial charge in [-0.2, -0.15) is 5.26 Å². The number of hydrogen-bond donors (Lipinski definition) is 0. The zero-order valence-electron chi connectivity index (χ0n) is 19.7. The number of hydrogen-bond acceptors (Lipinski definition) is 4. The van der Waals surface area contributed by atoms with Gasteiger partial charge in [0, 0.05) is 10.9 Å². The third kappa shape index (κ3) is 8.94. The third-order valence-electron chi connectivity index (χ3n) is 5.83. The first kappa shape index (κ1) is 24.9. The molecule has 0 amide bonds. The van der Waals surface area contributed by atoms with Crippen LogP contribution in [0, 0.1) is 18.3 Å². The van der Waals surface area contributed by atoms with Gasteiger partial charge in [0.15, 0.2) is 0 Å². The van der Waals surface area contributed by atoms with E-state index in [9.17, 15) is 0 Å². The van der Waals surface area contributed by atoms with Gasteiger partial charge in [-0.25, -0.2) is 0 Å². The molecule has 3 rings (SSSR count). The quantitative estimate of drug-likeness (QED) is 0.213. The summed E-state index contributed by atoms with van der Waals surface area (Å²) in [5.41, 5.74) is 4.19. The molecule has 0 aliphatic rings. The number of ether oxygens (including phenoxy) is 2. The van der Waals surface area contributed by atoms with Gasteiger partial charge >= 0.3 is 0 Å². The third-order valence-corrected chi connectivity index (χ3v) is 6.66. The molecule has 4 heteroatoms. The van der Waals surface area contributed by atoms with Crippen molar-refractivity contribution in [3.8, 4) is 28.7 Å². The van der Waals surface area contributed by atoms with Gasteiger partial charge in [-0.3, -0.25) is 0 Å². The summed E-state index contributed by atoms with van der Waals surface area (Å²) in [6.07, 6.45) is 11.4. The fourth-order valence-corrected chi connectivity index (χ4v) is 4.56. The van der Waals surface area contributed by atoms with Crippen LogP contribution in [0.4, 0.5) is 0 Å². The first-order valence-corrected chi connectivity index (χ1v) is 13.1. The van der Waals surface area contributed by atoms with Crippen molar-refractivity contribution >= 4 is 11.3 Å². The normalized spacial score (nSPS) is 10.7. The highest BCUT2D eigenvalue weighted by molar-refractivity contribution is 7.08. The zero-order valence-corrected chi connectivity index (χ0v) is 20.5. The van der Waals surface area contributed by atoms with E-state index in [2.05, 4.69) is 35.9 Å². The summed E-state index contributed by atoms with van der Waals surface area (Å²) >= 11 is 1.71. The van der Waals surface area contributed by atoms with Crippen LogP contribution in [0.1, 0.15) is 68.9 Å². The topological polar surface area (TPSA) is 42.2 Å². The molecule has 0 atom stereocenters. The lowest BCUT2D eigenvalue weighted by Gasteiger charge is -2.08. The lowest BCUT2D eigenvalue weighted by molar-refractivity contribution is 0.302. The summed E-state index contributed by atoms with van der Waals surface area (Å²) in [7, 11) is 0. The molecule has 3 nitrogen and oxygen atoms in total. The van der Waals surface area contributed by atoms with Crippen LogP contribution in [0.15, 0.2) is 59.3 Å². The molecule has 0 aliphatic carbocycles. The van der Waals surface area contributed by atoms with E-state index in [4.69, 9.17) is 14.7 Å². The Balaban J connectivity index is 1.15. The largest absolute Gasteiger partial charge is 0.494 e. The first-order valence-electron chi connectivity index (χ1n) is 12.2. The van der Waals surface area contributed by atoms with Gasteiger partial charge in [-0.15, -0.1) is 11.3 Å². The number of nitriles is 1. The van der Waals surface area contributed by atoms with Crippen LogP contribution in [0.3, 0.4) is 0 Å². The van der Waals surface area contributed by atoms with Crippen molar-refractivity contribution in [1.29, 1.82) is 5.26 Å². The molecule has 33 heavy (non-hydrogen) atoms. The van der Waals surface area contributed by atoms with Gasteiger partial charge < -0.3 is 9.47 Å². The zero-order chi connectivity index (χ0) is 23.1. The predicted molar refractivity (Wildman–Crippen MR) is 138 cm³/mol. The molecular weight excluding hydrogens is 426 g/mol. The Bertz CT molecular complexity index is 970. The Morgan fingerprint density at radius 2 is 1.18 bits per heavy atom. The Kier molecular flexibility index (Phi) is 10.8. The van der Waals surface area contributed by atoms with Gasteiger partial charge in [0.05, 0.1) is 24.8 Å². The molecule has 0 bridgehead atoms. The van der Waals surface area contributed by atoms with E-state index >= 15 is 0 Å². The average molecular weight is 462 g/mol. The number of rotatable bonds is 15. The summed E-state index contributed by atoms with van der Waals surface area (Å²) in [6, 6.07) is 18.0. The molecule has 2 aromatic carbocycles. The van der Waals surface area contributed by atoms with Crippen LogP contribution in [0.2, 0.25) is 0 Å². The Morgan fingerprint density at radius 1 is 0.667 bits per heavy atom. The monoisotopic (exact) mass is 461 g/mol. The van der Waals surface area contributed by atoms with Crippen molar-refractivity contribution in [1.82, 2.24) is 0 Å². The molecule has 3 aromatic rings. The van der Waals surface area contributed by atoms with E-state index in [1.54, 1.807) is 11.3 Å². The SMILES string of the molecule is Cc1cscc1OCCCCCCCCCCCOc1ccc(-c2ccc(C#N)cc2)cc1. The maximum Gasteiger partial charge on any atom is 0.132 e. The summed E-state index contributed by atoms with van der Waals surface area (Å²) in [5.74, 6) is 1.98. The Morgan fingerprint density at radius 3 is 1.70 bits per heavy atom. The smallest absolute Gasteiger partial charge is 0.132 e. The number of unbranched alkanes of at least 4 members (excludes halogenated alkanes) is 8. The molecule has 0 spiro atoms. The highest BCUT2D eigenvalue weighted by atomic mass is 32.1. The maximum atomic E-state index is 8.91. The van der Waals surface area contributed by atoms with Crippen LogP contribution < -0.4 is 9.47 Å². The van der Waals surface area contributed by atoms with E-state index in [1.165, 1.54) is 50.5 Å². The maximum absolute atomic E-state index is 8.91. The van der Waals surface area contributed by atoms with Crippen LogP contribution in [0.5, 0.6) is 11.5 Å². The minimum atomic E-state index is 0.685. The van der Waals surface area contributed by atoms with Crippen molar-refractivity contribution in [3.05, 3.63) is 70.4 Å². The summed E-state index contributed by atoms with van der Waals surface area (Å²) in [5, 5.41) is 13.1. The number of nitrogens with zero attached hydrogens (tertiary/aromatic N) is 1. The average Bonchev–Trinajstić information content (AvgIpc) is 3.27. The van der Waals surface area contributed by atoms with E-state index in [0.29, 0.717) is 5.56 Å². The number of aryl methyl sites for hydroxylation is 1. The van der Waals surface area contributed by atoms with Crippen LogP contribution in [-0.2, 0) is 0 Å². The van der Waals surface area contributed by atoms with Gasteiger partial charge in [-0.1, -0.05) is 69.2 Å². The van der Waals surface area contributed by atoms with E-state index in [1.807, 2.05) is 36.4 Å². The highest BCUT2D eigenvalue weighted by Crippen LogP contribution is 2.24. The molecule has 0 radical (unpaired) electrons. The number of thiophene rings is 1. The van der Waals surface area contributed by atoms with Gasteiger partial charge in [0.25, 0.3) is 0 Å². The Hall–Kier alpha value is -2.77. The van der Waals surface area contributed by atoms with Crippen molar-refractivity contribution in [2.75, 3.05) is 13.2 Å². The lowest BCUT2D eigenvalue weighted by atomic mass is 10.0. The van der Waals surface area contributed by atoms with E-state index in [-0.39, 0.29) is 0 Å². The van der Waals surface area contributed by atoms with Gasteiger partial charge in [0.2, 0.25) is 0 Å². The summed E-state index contributed by atoms with van der Waals surface area (Å²) in [4.78, 5) is 0. The van der Waals surface area contributed by atoms with Crippen LogP contribution >= 0.6 is 11.3 Å². The molecule has 1 aromatic heterocycles. The highest BCUT2D eigenvalue weighted by Gasteiger charge is 2.01. The molecule has 174 valence electrons. The molecule has 0 fully saturated rings. The van der Waals surface area contributed by atoms with Gasteiger partial charge in [0.1, 0.15) is 11.5 Å². The fourth-order valence-electron chi connectivity index (χ4n) is 3.79. The second kappa shape index (κ2) is 14.4. The summed E-state index contributed by atoms with van der Waals surface area (Å²) in [6.45, 7) is 3.73. The first-order chi connectivity index (χ1) is 16.3. The minimum absolute atomic E-state index is 0.685. The molecular formula is C29H35NO2S. The van der Waals surface area contributed by atoms with Crippen LogP contribution in [0.25, 0.3) is 11.1 Å². The fraction of sp³-hybridized carbons (Fsp3) is 0.414. The van der Waals surface area contributed by atoms with E-state index in [0.717, 1.165) is 48.7 Å². The molecule has 0 aliphatic heterocycles. The number of benzene rings is 2. The molecule has 0 unspecified atom stereocenters. The molecule has 0 saturated heterocycles. The molecule has 1 heterocycles. The molecule has 0 saturated carbocycles. The van der Waals surface area contributed by atoms with Crippen molar-refractivity contribution < 1.29 is 9.47 Å². The minimum Gasteiger partial charge on any atom is -0.494 e. The predicted octanol–water partition coefficient (Wildman–Crippen LogP) is 8.56. The second-order valence-corrected chi connectivity index (χ2v) is 9.26.